The fourth-order valence-electron chi connectivity index (χ4n) is 2.02. The Morgan fingerprint density at radius 3 is 2.67 bits per heavy atom. The average molecular weight is 328 g/mol. The quantitative estimate of drug-likeness (QED) is 0.597. The summed E-state index contributed by atoms with van der Waals surface area (Å²) in [6.45, 7) is 0.334. The summed E-state index contributed by atoms with van der Waals surface area (Å²) in [7, 11) is 3.22. The van der Waals surface area contributed by atoms with Gasteiger partial charge in [0.25, 0.3) is 5.91 Å². The van der Waals surface area contributed by atoms with Crippen LogP contribution in [-0.2, 0) is 16.1 Å². The van der Waals surface area contributed by atoms with Crippen molar-refractivity contribution in [3.8, 4) is 11.5 Å². The zero-order valence-electron chi connectivity index (χ0n) is 13.7. The molecule has 0 atom stereocenters. The molecule has 0 saturated carbocycles. The van der Waals surface area contributed by atoms with Gasteiger partial charge in [-0.15, -0.1) is 0 Å². The van der Waals surface area contributed by atoms with Crippen molar-refractivity contribution in [2.45, 2.75) is 6.61 Å². The average Bonchev–Trinajstić information content (AvgIpc) is 2.61. The van der Waals surface area contributed by atoms with Crippen molar-refractivity contribution in [2.24, 2.45) is 5.10 Å². The monoisotopic (exact) mass is 328 g/mol. The summed E-state index contributed by atoms with van der Waals surface area (Å²) >= 11 is 0. The molecule has 1 amide bonds. The second-order valence-corrected chi connectivity index (χ2v) is 4.90. The molecule has 24 heavy (non-hydrogen) atoms. The Balaban J connectivity index is 1.86. The molecular formula is C18H20N2O4. The Morgan fingerprint density at radius 2 is 1.96 bits per heavy atom. The molecule has 0 aliphatic rings. The molecule has 2 aromatic rings. The SMILES string of the molecule is COCc1cc(/C=N/NC(=O)COc2ccccc2)ccc1OC. The van der Waals surface area contributed by atoms with Crippen LogP contribution in [0.15, 0.2) is 53.6 Å². The molecule has 6 heteroatoms. The normalized spacial score (nSPS) is 10.6. The second kappa shape index (κ2) is 9.32. The first-order valence-corrected chi connectivity index (χ1v) is 7.38. The molecule has 6 nitrogen and oxygen atoms in total. The van der Waals surface area contributed by atoms with Gasteiger partial charge in [-0.3, -0.25) is 4.79 Å². The van der Waals surface area contributed by atoms with Gasteiger partial charge in [-0.1, -0.05) is 18.2 Å². The number of hydrogen-bond donors (Lipinski definition) is 1. The Kier molecular flexibility index (Phi) is 6.79. The van der Waals surface area contributed by atoms with E-state index in [1.54, 1.807) is 32.6 Å². The molecule has 0 aliphatic heterocycles. The van der Waals surface area contributed by atoms with Crippen molar-refractivity contribution in [1.29, 1.82) is 0 Å². The van der Waals surface area contributed by atoms with Crippen LogP contribution < -0.4 is 14.9 Å². The molecule has 126 valence electrons. The molecule has 0 fully saturated rings. The van der Waals surface area contributed by atoms with Crippen LogP contribution in [0.2, 0.25) is 0 Å². The summed E-state index contributed by atoms with van der Waals surface area (Å²) in [6, 6.07) is 14.7. The van der Waals surface area contributed by atoms with Crippen LogP contribution >= 0.6 is 0 Å². The van der Waals surface area contributed by atoms with E-state index in [1.165, 1.54) is 0 Å². The van der Waals surface area contributed by atoms with E-state index in [2.05, 4.69) is 10.5 Å². The van der Waals surface area contributed by atoms with Gasteiger partial charge in [0.2, 0.25) is 0 Å². The van der Waals surface area contributed by atoms with Crippen molar-refractivity contribution >= 4 is 12.1 Å². The first-order chi connectivity index (χ1) is 11.7. The molecule has 0 heterocycles. The van der Waals surface area contributed by atoms with Crippen LogP contribution in [-0.4, -0.2) is 32.9 Å². The van der Waals surface area contributed by atoms with Gasteiger partial charge in [0.05, 0.1) is 19.9 Å². The summed E-state index contributed by atoms with van der Waals surface area (Å²) in [5.74, 6) is 1.05. The zero-order chi connectivity index (χ0) is 17.2. The molecular weight excluding hydrogens is 308 g/mol. The van der Waals surface area contributed by atoms with Gasteiger partial charge in [-0.2, -0.15) is 5.10 Å². The molecule has 1 N–H and O–H groups in total. The number of carbonyl (C=O) groups excluding carboxylic acids is 1. The van der Waals surface area contributed by atoms with Gasteiger partial charge in [-0.05, 0) is 35.9 Å². The Hall–Kier alpha value is -2.86. The number of rotatable bonds is 8. The first kappa shape index (κ1) is 17.5. The Bertz CT molecular complexity index is 687. The van der Waals surface area contributed by atoms with E-state index in [1.807, 2.05) is 36.4 Å². The smallest absolute Gasteiger partial charge is 0.277 e. The number of carbonyl (C=O) groups is 1. The van der Waals surface area contributed by atoms with Crippen LogP contribution in [0, 0.1) is 0 Å². The van der Waals surface area contributed by atoms with Gasteiger partial charge < -0.3 is 14.2 Å². The van der Waals surface area contributed by atoms with E-state index >= 15 is 0 Å². The van der Waals surface area contributed by atoms with Gasteiger partial charge in [0.1, 0.15) is 11.5 Å². The molecule has 0 radical (unpaired) electrons. The summed E-state index contributed by atoms with van der Waals surface area (Å²) in [6.07, 6.45) is 1.55. The maximum atomic E-state index is 11.7. The minimum atomic E-state index is -0.333. The van der Waals surface area contributed by atoms with E-state index in [0.717, 1.165) is 16.9 Å². The van der Waals surface area contributed by atoms with Gasteiger partial charge in [0, 0.05) is 12.7 Å². The summed E-state index contributed by atoms with van der Waals surface area (Å²) < 4.78 is 15.7. The lowest BCUT2D eigenvalue weighted by Gasteiger charge is -2.08. The fourth-order valence-corrected chi connectivity index (χ4v) is 2.02. The molecule has 2 rings (SSSR count). The number of benzene rings is 2. The largest absolute Gasteiger partial charge is 0.496 e. The third kappa shape index (κ3) is 5.40. The van der Waals surface area contributed by atoms with Gasteiger partial charge in [-0.25, -0.2) is 5.43 Å². The van der Waals surface area contributed by atoms with E-state index in [-0.39, 0.29) is 12.5 Å². The van der Waals surface area contributed by atoms with E-state index in [4.69, 9.17) is 14.2 Å². The highest BCUT2D eigenvalue weighted by Gasteiger charge is 2.04. The lowest BCUT2D eigenvalue weighted by atomic mass is 10.1. The van der Waals surface area contributed by atoms with E-state index in [0.29, 0.717) is 12.4 Å². The van der Waals surface area contributed by atoms with Crippen molar-refractivity contribution in [3.63, 3.8) is 0 Å². The number of ether oxygens (including phenoxy) is 3. The van der Waals surface area contributed by atoms with Crippen molar-refractivity contribution in [3.05, 3.63) is 59.7 Å². The summed E-state index contributed by atoms with van der Waals surface area (Å²) in [4.78, 5) is 11.7. The molecule has 0 aromatic heterocycles. The molecule has 0 bridgehead atoms. The molecule has 0 aliphatic carbocycles. The third-order valence-electron chi connectivity index (χ3n) is 3.12. The Morgan fingerprint density at radius 1 is 1.17 bits per heavy atom. The Labute approximate surface area is 141 Å². The van der Waals surface area contributed by atoms with Gasteiger partial charge >= 0.3 is 0 Å². The second-order valence-electron chi connectivity index (χ2n) is 4.90. The number of hydrazone groups is 1. The number of amides is 1. The highest BCUT2D eigenvalue weighted by molar-refractivity contribution is 5.83. The summed E-state index contributed by atoms with van der Waals surface area (Å²) in [5, 5.41) is 3.92. The molecule has 0 spiro atoms. The number of nitrogens with one attached hydrogen (secondary N) is 1. The number of hydrogen-bond acceptors (Lipinski definition) is 5. The first-order valence-electron chi connectivity index (χ1n) is 7.38. The third-order valence-corrected chi connectivity index (χ3v) is 3.12. The number of para-hydroxylation sites is 1. The van der Waals surface area contributed by atoms with E-state index in [9.17, 15) is 4.79 Å². The van der Waals surface area contributed by atoms with Crippen LogP contribution in [0.25, 0.3) is 0 Å². The molecule has 2 aromatic carbocycles. The fraction of sp³-hybridized carbons (Fsp3) is 0.222. The topological polar surface area (TPSA) is 69.2 Å². The maximum Gasteiger partial charge on any atom is 0.277 e. The number of nitrogens with zero attached hydrogens (tertiary/aromatic N) is 1. The van der Waals surface area contributed by atoms with Crippen LogP contribution in [0.1, 0.15) is 11.1 Å². The van der Waals surface area contributed by atoms with Crippen LogP contribution in [0.4, 0.5) is 0 Å². The zero-order valence-corrected chi connectivity index (χ0v) is 13.7. The predicted octanol–water partition coefficient (Wildman–Crippen LogP) is 2.37. The summed E-state index contributed by atoms with van der Waals surface area (Å²) in [5.41, 5.74) is 4.16. The number of methoxy groups -OCH3 is 2. The molecule has 0 unspecified atom stereocenters. The lowest BCUT2D eigenvalue weighted by Crippen LogP contribution is -2.24. The molecule has 0 saturated heterocycles. The highest BCUT2D eigenvalue weighted by atomic mass is 16.5. The standard InChI is InChI=1S/C18H20N2O4/c1-22-12-15-10-14(8-9-17(15)23-2)11-19-20-18(21)13-24-16-6-4-3-5-7-16/h3-11H,12-13H2,1-2H3,(H,20,21)/b19-11+. The van der Waals surface area contributed by atoms with Crippen molar-refractivity contribution < 1.29 is 19.0 Å². The van der Waals surface area contributed by atoms with Gasteiger partial charge in [0.15, 0.2) is 6.61 Å². The van der Waals surface area contributed by atoms with E-state index < -0.39 is 0 Å². The van der Waals surface area contributed by atoms with Crippen LogP contribution in [0.3, 0.4) is 0 Å². The van der Waals surface area contributed by atoms with Crippen molar-refractivity contribution in [1.82, 2.24) is 5.43 Å². The van der Waals surface area contributed by atoms with Crippen molar-refractivity contribution in [2.75, 3.05) is 20.8 Å². The highest BCUT2D eigenvalue weighted by Crippen LogP contribution is 2.19. The minimum Gasteiger partial charge on any atom is -0.496 e. The minimum absolute atomic E-state index is 0.0983. The predicted molar refractivity (Wildman–Crippen MR) is 91.4 cm³/mol. The lowest BCUT2D eigenvalue weighted by molar-refractivity contribution is -0.123. The van der Waals surface area contributed by atoms with Crippen LogP contribution in [0.5, 0.6) is 11.5 Å². The maximum absolute atomic E-state index is 11.7.